The lowest BCUT2D eigenvalue weighted by molar-refractivity contribution is 0.212. The fourth-order valence-corrected chi connectivity index (χ4v) is 4.66. The molecule has 0 bridgehead atoms. The third-order valence-corrected chi connectivity index (χ3v) is 6.33. The van der Waals surface area contributed by atoms with Crippen LogP contribution in [0.15, 0.2) is 28.9 Å². The molecule has 2 fully saturated rings. The van der Waals surface area contributed by atoms with Crippen LogP contribution in [0.25, 0.3) is 11.0 Å². The van der Waals surface area contributed by atoms with E-state index in [9.17, 15) is 8.78 Å². The molecule has 0 amide bonds. The molecule has 0 unspecified atom stereocenters. The minimum atomic E-state index is -0.877. The summed E-state index contributed by atoms with van der Waals surface area (Å²) in [5.74, 6) is -0.528. The molecule has 1 saturated carbocycles. The number of benzene rings is 1. The highest BCUT2D eigenvalue weighted by Crippen LogP contribution is 2.31. The molecule has 29 heavy (non-hydrogen) atoms. The van der Waals surface area contributed by atoms with Gasteiger partial charge >= 0.3 is 0 Å². The first-order chi connectivity index (χ1) is 14.0. The lowest BCUT2D eigenvalue weighted by Crippen LogP contribution is -2.47. The van der Waals surface area contributed by atoms with E-state index in [1.807, 2.05) is 11.8 Å². The van der Waals surface area contributed by atoms with Gasteiger partial charge in [-0.2, -0.15) is 0 Å². The molecule has 0 radical (unpaired) electrons. The number of hydrogen-bond donors (Lipinski definition) is 1. The van der Waals surface area contributed by atoms with Gasteiger partial charge in [0.15, 0.2) is 23.0 Å². The fraction of sp³-hybridized carbons (Fsp3) is 0.591. The van der Waals surface area contributed by atoms with Crippen molar-refractivity contribution in [3.8, 4) is 0 Å². The standard InChI is InChI=1S/C22H30F2N4O/c1-15(2)25-17-5-3-16(4-6-17)9-10-27-11-13-28(14-12-27)22-20-19(29-26-22)8-7-18(23)21(20)24/h7-8,16-17,25H,1,3-6,9-14H2,2H3. The fourth-order valence-electron chi connectivity index (χ4n) is 4.66. The van der Waals surface area contributed by atoms with Gasteiger partial charge in [0.25, 0.3) is 0 Å². The molecule has 1 N–H and O–H groups in total. The number of fused-ring (bicyclic) bond motifs is 1. The van der Waals surface area contributed by atoms with Crippen LogP contribution in [0.2, 0.25) is 0 Å². The van der Waals surface area contributed by atoms with E-state index in [0.29, 0.717) is 11.9 Å². The molecule has 2 heterocycles. The van der Waals surface area contributed by atoms with Gasteiger partial charge < -0.3 is 14.7 Å². The van der Waals surface area contributed by atoms with Gasteiger partial charge in [-0.25, -0.2) is 8.78 Å². The molecule has 1 aliphatic carbocycles. The number of rotatable bonds is 6. The number of halogens is 2. The SMILES string of the molecule is C=C(C)NC1CCC(CCN2CCN(c3noc4ccc(F)c(F)c34)CC2)CC1. The number of anilines is 1. The van der Waals surface area contributed by atoms with Crippen LogP contribution >= 0.6 is 0 Å². The van der Waals surface area contributed by atoms with Crippen LogP contribution in [0.1, 0.15) is 39.0 Å². The zero-order chi connectivity index (χ0) is 20.4. The summed E-state index contributed by atoms with van der Waals surface area (Å²) < 4.78 is 33.0. The summed E-state index contributed by atoms with van der Waals surface area (Å²) in [4.78, 5) is 4.47. The van der Waals surface area contributed by atoms with Crippen molar-refractivity contribution in [2.45, 2.75) is 45.1 Å². The van der Waals surface area contributed by atoms with E-state index in [0.717, 1.165) is 50.4 Å². The van der Waals surface area contributed by atoms with Crippen LogP contribution in [-0.2, 0) is 0 Å². The molecule has 158 valence electrons. The van der Waals surface area contributed by atoms with Crippen LogP contribution in [0.5, 0.6) is 0 Å². The monoisotopic (exact) mass is 404 g/mol. The molecule has 1 aromatic carbocycles. The molecule has 0 spiro atoms. The summed E-state index contributed by atoms with van der Waals surface area (Å²) in [6.07, 6.45) is 6.24. The van der Waals surface area contributed by atoms with Crippen molar-refractivity contribution in [3.05, 3.63) is 36.0 Å². The smallest absolute Gasteiger partial charge is 0.183 e. The first kappa shape index (κ1) is 20.1. The van der Waals surface area contributed by atoms with Gasteiger partial charge in [0.1, 0.15) is 5.39 Å². The number of piperazine rings is 1. The predicted octanol–water partition coefficient (Wildman–Crippen LogP) is 4.30. The summed E-state index contributed by atoms with van der Waals surface area (Å²) >= 11 is 0. The molecule has 2 aromatic rings. The Morgan fingerprint density at radius 2 is 1.90 bits per heavy atom. The van der Waals surface area contributed by atoms with Gasteiger partial charge in [0.05, 0.1) is 0 Å². The second kappa shape index (κ2) is 8.69. The Morgan fingerprint density at radius 3 is 2.59 bits per heavy atom. The Hall–Kier alpha value is -2.15. The van der Waals surface area contributed by atoms with Crippen molar-refractivity contribution in [2.24, 2.45) is 5.92 Å². The van der Waals surface area contributed by atoms with Crippen LogP contribution in [0.4, 0.5) is 14.6 Å². The lowest BCUT2D eigenvalue weighted by Gasteiger charge is -2.36. The largest absolute Gasteiger partial charge is 0.386 e. The molecule has 1 aliphatic heterocycles. The van der Waals surface area contributed by atoms with E-state index < -0.39 is 11.6 Å². The maximum Gasteiger partial charge on any atom is 0.183 e. The van der Waals surface area contributed by atoms with Crippen LogP contribution in [0, 0.1) is 17.6 Å². The third-order valence-electron chi connectivity index (χ3n) is 6.33. The quantitative estimate of drug-likeness (QED) is 0.778. The average molecular weight is 405 g/mol. The molecule has 1 saturated heterocycles. The lowest BCUT2D eigenvalue weighted by atomic mass is 9.84. The second-order valence-electron chi connectivity index (χ2n) is 8.50. The van der Waals surface area contributed by atoms with Gasteiger partial charge in [-0.05, 0) is 63.6 Å². The highest BCUT2D eigenvalue weighted by atomic mass is 19.2. The van der Waals surface area contributed by atoms with Crippen molar-refractivity contribution in [3.63, 3.8) is 0 Å². The van der Waals surface area contributed by atoms with Gasteiger partial charge in [-0.3, -0.25) is 4.90 Å². The van der Waals surface area contributed by atoms with E-state index in [4.69, 9.17) is 4.52 Å². The minimum absolute atomic E-state index is 0.151. The third kappa shape index (κ3) is 4.55. The first-order valence-corrected chi connectivity index (χ1v) is 10.6. The van der Waals surface area contributed by atoms with E-state index in [1.165, 1.54) is 38.2 Å². The molecule has 1 aromatic heterocycles. The Balaban J connectivity index is 1.26. The minimum Gasteiger partial charge on any atom is -0.386 e. The zero-order valence-electron chi connectivity index (χ0n) is 17.1. The van der Waals surface area contributed by atoms with E-state index in [1.54, 1.807) is 0 Å². The number of hydrogen-bond acceptors (Lipinski definition) is 5. The van der Waals surface area contributed by atoms with E-state index in [-0.39, 0.29) is 11.0 Å². The first-order valence-electron chi connectivity index (χ1n) is 10.6. The molecule has 2 aliphatic rings. The number of nitrogens with one attached hydrogen (secondary N) is 1. The topological polar surface area (TPSA) is 44.5 Å². The molecule has 4 rings (SSSR count). The van der Waals surface area contributed by atoms with Crippen molar-refractivity contribution in [1.82, 2.24) is 15.4 Å². The molecular formula is C22H30F2N4O. The number of aromatic nitrogens is 1. The summed E-state index contributed by atoms with van der Waals surface area (Å²) in [7, 11) is 0. The van der Waals surface area contributed by atoms with Gasteiger partial charge in [-0.1, -0.05) is 11.7 Å². The molecule has 7 heteroatoms. The summed E-state index contributed by atoms with van der Waals surface area (Å²) in [5, 5.41) is 7.63. The highest BCUT2D eigenvalue weighted by Gasteiger charge is 2.26. The Morgan fingerprint density at radius 1 is 1.17 bits per heavy atom. The summed E-state index contributed by atoms with van der Waals surface area (Å²) in [5.41, 5.74) is 1.35. The van der Waals surface area contributed by atoms with E-state index >= 15 is 0 Å². The average Bonchev–Trinajstić information content (AvgIpc) is 3.15. The van der Waals surface area contributed by atoms with Crippen molar-refractivity contribution >= 4 is 16.8 Å². The molecule has 5 nitrogen and oxygen atoms in total. The number of nitrogens with zero attached hydrogens (tertiary/aromatic N) is 3. The Kier molecular flexibility index (Phi) is 6.04. The van der Waals surface area contributed by atoms with Crippen molar-refractivity contribution in [1.29, 1.82) is 0 Å². The maximum atomic E-state index is 14.2. The Bertz CT molecular complexity index is 852. The second-order valence-corrected chi connectivity index (χ2v) is 8.50. The van der Waals surface area contributed by atoms with Gasteiger partial charge in [0, 0.05) is 37.9 Å². The molecule has 0 atom stereocenters. The zero-order valence-corrected chi connectivity index (χ0v) is 17.1. The van der Waals surface area contributed by atoms with Gasteiger partial charge in [0.2, 0.25) is 0 Å². The van der Waals surface area contributed by atoms with Gasteiger partial charge in [-0.15, -0.1) is 0 Å². The Labute approximate surface area is 170 Å². The van der Waals surface area contributed by atoms with Crippen molar-refractivity contribution in [2.75, 3.05) is 37.6 Å². The predicted molar refractivity (Wildman–Crippen MR) is 111 cm³/mol. The summed E-state index contributed by atoms with van der Waals surface area (Å²) in [6, 6.07) is 3.10. The van der Waals surface area contributed by atoms with E-state index in [2.05, 4.69) is 22.0 Å². The number of allylic oxidation sites excluding steroid dienone is 1. The molecular weight excluding hydrogens is 374 g/mol. The normalized spacial score (nSPS) is 23.5. The van der Waals surface area contributed by atoms with Crippen LogP contribution in [-0.4, -0.2) is 48.8 Å². The van der Waals surface area contributed by atoms with Crippen molar-refractivity contribution < 1.29 is 13.3 Å². The van der Waals surface area contributed by atoms with Crippen LogP contribution in [0.3, 0.4) is 0 Å². The summed E-state index contributed by atoms with van der Waals surface area (Å²) in [6.45, 7) is 10.4. The maximum absolute atomic E-state index is 14.2. The van der Waals surface area contributed by atoms with Crippen LogP contribution < -0.4 is 10.2 Å². The highest BCUT2D eigenvalue weighted by molar-refractivity contribution is 5.89.